The monoisotopic (exact) mass is 262 g/mol. The Balaban J connectivity index is 1.79. The van der Waals surface area contributed by atoms with E-state index >= 15 is 0 Å². The van der Waals surface area contributed by atoms with Crippen LogP contribution in [0.15, 0.2) is 60.9 Å². The Morgan fingerprint density at radius 1 is 1.00 bits per heavy atom. The largest absolute Gasteiger partial charge is 0.381 e. The van der Waals surface area contributed by atoms with E-state index in [-0.39, 0.29) is 0 Å². The number of hydrogen-bond donors (Lipinski definition) is 1. The second-order valence-electron chi connectivity index (χ2n) is 4.92. The molecule has 1 N–H and O–H groups in total. The van der Waals surface area contributed by atoms with Gasteiger partial charge >= 0.3 is 0 Å². The van der Waals surface area contributed by atoms with E-state index in [9.17, 15) is 0 Å². The topological polar surface area (TPSA) is 24.9 Å². The highest BCUT2D eigenvalue weighted by Crippen LogP contribution is 2.19. The van der Waals surface area contributed by atoms with Gasteiger partial charge in [0, 0.05) is 30.0 Å². The highest BCUT2D eigenvalue weighted by atomic mass is 14.9. The smallest absolute Gasteiger partial charge is 0.0406 e. The van der Waals surface area contributed by atoms with Crippen molar-refractivity contribution in [2.75, 3.05) is 5.32 Å². The molecule has 2 nitrogen and oxygen atoms in total. The Morgan fingerprint density at radius 3 is 2.65 bits per heavy atom. The zero-order valence-corrected chi connectivity index (χ0v) is 11.6. The first kappa shape index (κ1) is 12.7. The molecule has 2 heteroatoms. The summed E-state index contributed by atoms with van der Waals surface area (Å²) >= 11 is 0. The average Bonchev–Trinajstić information content (AvgIpc) is 2.53. The number of aromatic nitrogens is 1. The number of hydrogen-bond acceptors (Lipinski definition) is 2. The van der Waals surface area contributed by atoms with Crippen LogP contribution in [0.5, 0.6) is 0 Å². The van der Waals surface area contributed by atoms with E-state index in [1.54, 1.807) is 0 Å². The van der Waals surface area contributed by atoms with Gasteiger partial charge in [-0.2, -0.15) is 0 Å². The standard InChI is InChI=1S/C18H18N2/c1-2-14-6-8-17(9-7-14)20-13-16-5-3-4-15-12-19-11-10-18(15)16/h3-12,20H,2,13H2,1H3. The summed E-state index contributed by atoms with van der Waals surface area (Å²) in [6.45, 7) is 3.00. The van der Waals surface area contributed by atoms with Gasteiger partial charge in [-0.25, -0.2) is 0 Å². The van der Waals surface area contributed by atoms with Crippen molar-refractivity contribution in [2.45, 2.75) is 19.9 Å². The number of benzene rings is 2. The van der Waals surface area contributed by atoms with Gasteiger partial charge in [0.1, 0.15) is 0 Å². The molecule has 0 spiro atoms. The molecule has 0 radical (unpaired) electrons. The first-order chi connectivity index (χ1) is 9.86. The van der Waals surface area contributed by atoms with Crippen molar-refractivity contribution in [1.82, 2.24) is 4.98 Å². The van der Waals surface area contributed by atoms with Crippen molar-refractivity contribution in [3.05, 3.63) is 72.1 Å². The molecule has 0 saturated carbocycles. The molecule has 0 saturated heterocycles. The summed E-state index contributed by atoms with van der Waals surface area (Å²) in [5.41, 5.74) is 3.82. The molecule has 0 aliphatic rings. The minimum absolute atomic E-state index is 0.826. The lowest BCUT2D eigenvalue weighted by Gasteiger charge is -2.09. The Labute approximate surface area is 119 Å². The molecule has 0 fully saturated rings. The summed E-state index contributed by atoms with van der Waals surface area (Å²) in [7, 11) is 0. The minimum Gasteiger partial charge on any atom is -0.381 e. The van der Waals surface area contributed by atoms with Crippen LogP contribution in [0.25, 0.3) is 10.8 Å². The fourth-order valence-electron chi connectivity index (χ4n) is 2.40. The second kappa shape index (κ2) is 5.74. The molecule has 100 valence electrons. The third kappa shape index (κ3) is 2.64. The lowest BCUT2D eigenvalue weighted by molar-refractivity contribution is 1.13. The van der Waals surface area contributed by atoms with E-state index in [4.69, 9.17) is 0 Å². The number of pyridine rings is 1. The molecule has 0 atom stereocenters. The number of anilines is 1. The molecular weight excluding hydrogens is 244 g/mol. The van der Waals surface area contributed by atoms with Gasteiger partial charge in [-0.15, -0.1) is 0 Å². The van der Waals surface area contributed by atoms with E-state index in [1.165, 1.54) is 21.9 Å². The third-order valence-electron chi connectivity index (χ3n) is 3.62. The molecule has 0 unspecified atom stereocenters. The number of nitrogens with one attached hydrogen (secondary N) is 1. The molecule has 20 heavy (non-hydrogen) atoms. The van der Waals surface area contributed by atoms with Crippen LogP contribution in [0.1, 0.15) is 18.1 Å². The van der Waals surface area contributed by atoms with Crippen molar-refractivity contribution >= 4 is 16.5 Å². The van der Waals surface area contributed by atoms with Gasteiger partial charge in [-0.05, 0) is 41.1 Å². The van der Waals surface area contributed by atoms with Crippen LogP contribution in [-0.2, 0) is 13.0 Å². The Kier molecular flexibility index (Phi) is 3.64. The van der Waals surface area contributed by atoms with Crippen molar-refractivity contribution in [3.8, 4) is 0 Å². The molecule has 0 amide bonds. The molecule has 0 aliphatic carbocycles. The predicted molar refractivity (Wildman–Crippen MR) is 84.9 cm³/mol. The normalized spacial score (nSPS) is 10.7. The Hall–Kier alpha value is -2.35. The predicted octanol–water partition coefficient (Wildman–Crippen LogP) is 4.41. The molecule has 1 heterocycles. The lowest BCUT2D eigenvalue weighted by Crippen LogP contribution is -2.00. The molecule has 3 aromatic rings. The van der Waals surface area contributed by atoms with Gasteiger partial charge in [0.25, 0.3) is 0 Å². The fraction of sp³-hybridized carbons (Fsp3) is 0.167. The SMILES string of the molecule is CCc1ccc(NCc2cccc3cnccc23)cc1. The third-order valence-corrected chi connectivity index (χ3v) is 3.62. The van der Waals surface area contributed by atoms with Crippen LogP contribution in [0.4, 0.5) is 5.69 Å². The molecule has 1 aromatic heterocycles. The summed E-state index contributed by atoms with van der Waals surface area (Å²) in [4.78, 5) is 4.17. The second-order valence-corrected chi connectivity index (χ2v) is 4.92. The fourth-order valence-corrected chi connectivity index (χ4v) is 2.40. The van der Waals surface area contributed by atoms with E-state index < -0.39 is 0 Å². The molecule has 0 aliphatic heterocycles. The summed E-state index contributed by atoms with van der Waals surface area (Å²) < 4.78 is 0. The van der Waals surface area contributed by atoms with Crippen molar-refractivity contribution in [2.24, 2.45) is 0 Å². The number of aryl methyl sites for hydroxylation is 1. The van der Waals surface area contributed by atoms with Crippen molar-refractivity contribution in [1.29, 1.82) is 0 Å². The Morgan fingerprint density at radius 2 is 1.85 bits per heavy atom. The van der Waals surface area contributed by atoms with E-state index in [2.05, 4.69) is 65.8 Å². The van der Waals surface area contributed by atoms with Gasteiger partial charge in [0.2, 0.25) is 0 Å². The maximum absolute atomic E-state index is 4.17. The van der Waals surface area contributed by atoms with E-state index in [0.717, 1.165) is 18.7 Å². The summed E-state index contributed by atoms with van der Waals surface area (Å²) in [5, 5.41) is 5.94. The summed E-state index contributed by atoms with van der Waals surface area (Å²) in [5.74, 6) is 0. The zero-order valence-electron chi connectivity index (χ0n) is 11.6. The number of nitrogens with zero attached hydrogens (tertiary/aromatic N) is 1. The summed E-state index contributed by atoms with van der Waals surface area (Å²) in [6.07, 6.45) is 4.84. The van der Waals surface area contributed by atoms with Gasteiger partial charge < -0.3 is 5.32 Å². The van der Waals surface area contributed by atoms with E-state index in [1.807, 2.05) is 12.4 Å². The molecule has 3 rings (SSSR count). The first-order valence-corrected chi connectivity index (χ1v) is 7.01. The van der Waals surface area contributed by atoms with E-state index in [0.29, 0.717) is 0 Å². The van der Waals surface area contributed by atoms with Crippen molar-refractivity contribution in [3.63, 3.8) is 0 Å². The van der Waals surface area contributed by atoms with Crippen LogP contribution in [0.3, 0.4) is 0 Å². The highest BCUT2D eigenvalue weighted by molar-refractivity contribution is 5.84. The quantitative estimate of drug-likeness (QED) is 0.753. The van der Waals surface area contributed by atoms with Crippen LogP contribution < -0.4 is 5.32 Å². The van der Waals surface area contributed by atoms with Crippen molar-refractivity contribution < 1.29 is 0 Å². The molecule has 0 bridgehead atoms. The van der Waals surface area contributed by atoms with Crippen LogP contribution in [0.2, 0.25) is 0 Å². The lowest BCUT2D eigenvalue weighted by atomic mass is 10.1. The first-order valence-electron chi connectivity index (χ1n) is 7.01. The average molecular weight is 262 g/mol. The minimum atomic E-state index is 0.826. The molecule has 2 aromatic carbocycles. The van der Waals surface area contributed by atoms with Gasteiger partial charge in [0.15, 0.2) is 0 Å². The van der Waals surface area contributed by atoms with Crippen LogP contribution in [0, 0.1) is 0 Å². The maximum atomic E-state index is 4.17. The number of fused-ring (bicyclic) bond motifs is 1. The maximum Gasteiger partial charge on any atom is 0.0406 e. The number of rotatable bonds is 4. The summed E-state index contributed by atoms with van der Waals surface area (Å²) in [6, 6.07) is 17.1. The van der Waals surface area contributed by atoms with Gasteiger partial charge in [0.05, 0.1) is 0 Å². The van der Waals surface area contributed by atoms with Gasteiger partial charge in [-0.1, -0.05) is 37.3 Å². The highest BCUT2D eigenvalue weighted by Gasteiger charge is 2.00. The zero-order chi connectivity index (χ0) is 13.8. The Bertz CT molecular complexity index is 697. The van der Waals surface area contributed by atoms with Crippen LogP contribution in [-0.4, -0.2) is 4.98 Å². The van der Waals surface area contributed by atoms with Crippen LogP contribution >= 0.6 is 0 Å². The van der Waals surface area contributed by atoms with Gasteiger partial charge in [-0.3, -0.25) is 4.98 Å². The molecular formula is C18H18N2.